The van der Waals surface area contributed by atoms with Gasteiger partial charge < -0.3 is 9.47 Å². The van der Waals surface area contributed by atoms with Crippen LogP contribution < -0.4 is 9.47 Å². The number of halogens is 2. The highest BCUT2D eigenvalue weighted by molar-refractivity contribution is 9.10. The van der Waals surface area contributed by atoms with E-state index in [1.54, 1.807) is 12.1 Å². The van der Waals surface area contributed by atoms with Crippen molar-refractivity contribution in [1.82, 2.24) is 20.2 Å². The molecule has 8 heteroatoms. The molecular weight excluding hydrogens is 403 g/mol. The third-order valence-electron chi connectivity index (χ3n) is 3.56. The second-order valence-corrected chi connectivity index (χ2v) is 6.26. The van der Waals surface area contributed by atoms with Gasteiger partial charge in [-0.2, -0.15) is 4.80 Å². The van der Waals surface area contributed by atoms with Crippen molar-refractivity contribution in [3.8, 4) is 22.9 Å². The minimum absolute atomic E-state index is 0.338. The molecule has 6 nitrogen and oxygen atoms in total. The number of hydrogen-bond acceptors (Lipinski definition) is 5. The van der Waals surface area contributed by atoms with Gasteiger partial charge in [0, 0.05) is 10.0 Å². The smallest absolute Gasteiger partial charge is 0.205 e. The summed E-state index contributed by atoms with van der Waals surface area (Å²) in [6.07, 6.45) is 0. The summed E-state index contributed by atoms with van der Waals surface area (Å²) in [5.41, 5.74) is 1.50. The van der Waals surface area contributed by atoms with Crippen LogP contribution in [0.25, 0.3) is 11.4 Å². The molecule has 1 aromatic heterocycles. The van der Waals surface area contributed by atoms with Crippen LogP contribution in [0.15, 0.2) is 40.9 Å². The molecule has 0 spiro atoms. The van der Waals surface area contributed by atoms with Crippen LogP contribution in [0.5, 0.6) is 11.5 Å². The molecule has 0 fully saturated rings. The lowest BCUT2D eigenvalue weighted by Gasteiger charge is -2.13. The zero-order chi connectivity index (χ0) is 18.5. The average Bonchev–Trinajstić information content (AvgIpc) is 3.08. The molecular formula is C18H18BrFN4O2. The molecule has 0 N–H and O–H groups in total. The lowest BCUT2D eigenvalue weighted by atomic mass is 10.2. The quantitative estimate of drug-likeness (QED) is 0.575. The third-order valence-corrected chi connectivity index (χ3v) is 4.30. The van der Waals surface area contributed by atoms with Crippen molar-refractivity contribution in [2.75, 3.05) is 13.2 Å². The first kappa shape index (κ1) is 18.3. The fourth-order valence-electron chi connectivity index (χ4n) is 2.44. The number of ether oxygens (including phenoxy) is 2. The fourth-order valence-corrected chi connectivity index (χ4v) is 2.89. The van der Waals surface area contributed by atoms with Crippen molar-refractivity contribution < 1.29 is 13.9 Å². The van der Waals surface area contributed by atoms with Crippen LogP contribution in [0, 0.1) is 5.82 Å². The van der Waals surface area contributed by atoms with E-state index < -0.39 is 0 Å². The van der Waals surface area contributed by atoms with Gasteiger partial charge >= 0.3 is 0 Å². The van der Waals surface area contributed by atoms with Gasteiger partial charge in [0.1, 0.15) is 5.82 Å². The summed E-state index contributed by atoms with van der Waals surface area (Å²) in [5.74, 6) is 1.38. The molecule has 0 bridgehead atoms. The summed E-state index contributed by atoms with van der Waals surface area (Å²) >= 11 is 3.55. The first-order valence-corrected chi connectivity index (χ1v) is 9.01. The van der Waals surface area contributed by atoms with Gasteiger partial charge in [-0.25, -0.2) is 4.39 Å². The summed E-state index contributed by atoms with van der Waals surface area (Å²) in [6, 6.07) is 9.87. The molecule has 136 valence electrons. The zero-order valence-corrected chi connectivity index (χ0v) is 16.0. The predicted molar refractivity (Wildman–Crippen MR) is 98.8 cm³/mol. The highest BCUT2D eigenvalue weighted by atomic mass is 79.9. The summed E-state index contributed by atoms with van der Waals surface area (Å²) in [5, 5.41) is 12.4. The van der Waals surface area contributed by atoms with Crippen molar-refractivity contribution in [2.45, 2.75) is 20.4 Å². The fraction of sp³-hybridized carbons (Fsp3) is 0.278. The Labute approximate surface area is 159 Å². The normalized spacial score (nSPS) is 10.8. The van der Waals surface area contributed by atoms with E-state index >= 15 is 0 Å². The molecule has 1 heterocycles. The van der Waals surface area contributed by atoms with E-state index in [0.29, 0.717) is 42.6 Å². The Morgan fingerprint density at radius 2 is 1.81 bits per heavy atom. The first-order valence-electron chi connectivity index (χ1n) is 8.22. The molecule has 0 aliphatic carbocycles. The maximum atomic E-state index is 13.4. The summed E-state index contributed by atoms with van der Waals surface area (Å²) in [4.78, 5) is 1.45. The Balaban J connectivity index is 1.86. The molecule has 0 radical (unpaired) electrons. The van der Waals surface area contributed by atoms with Crippen molar-refractivity contribution in [2.24, 2.45) is 0 Å². The van der Waals surface area contributed by atoms with Crippen molar-refractivity contribution in [1.29, 1.82) is 0 Å². The zero-order valence-electron chi connectivity index (χ0n) is 14.4. The van der Waals surface area contributed by atoms with E-state index in [0.717, 1.165) is 10.0 Å². The predicted octanol–water partition coefficient (Wildman–Crippen LogP) is 4.09. The second kappa shape index (κ2) is 8.27. The standard InChI is InChI=1S/C18H18BrFN4O2/c1-3-25-16-9-13(15(19)10-17(16)26-4-2)11-24-22-18(21-23-24)12-6-5-7-14(20)8-12/h5-10H,3-4,11H2,1-2H3. The van der Waals surface area contributed by atoms with Gasteiger partial charge in [0.25, 0.3) is 0 Å². The second-order valence-electron chi connectivity index (χ2n) is 5.41. The van der Waals surface area contributed by atoms with Gasteiger partial charge in [0.2, 0.25) is 5.82 Å². The highest BCUT2D eigenvalue weighted by Gasteiger charge is 2.13. The Hall–Kier alpha value is -2.48. The van der Waals surface area contributed by atoms with E-state index in [1.807, 2.05) is 26.0 Å². The molecule has 0 aliphatic heterocycles. The molecule has 0 aliphatic rings. The third kappa shape index (κ3) is 4.19. The van der Waals surface area contributed by atoms with Crippen molar-refractivity contribution in [3.63, 3.8) is 0 Å². The monoisotopic (exact) mass is 420 g/mol. The number of rotatable bonds is 7. The van der Waals surface area contributed by atoms with Gasteiger partial charge in [0.05, 0.1) is 19.8 Å². The van der Waals surface area contributed by atoms with Crippen LogP contribution in [-0.4, -0.2) is 33.4 Å². The van der Waals surface area contributed by atoms with E-state index in [9.17, 15) is 4.39 Å². The van der Waals surface area contributed by atoms with Crippen molar-refractivity contribution in [3.05, 3.63) is 52.3 Å². The Morgan fingerprint density at radius 3 is 2.50 bits per heavy atom. The summed E-state index contributed by atoms with van der Waals surface area (Å²) in [6.45, 7) is 5.31. The number of nitrogens with zero attached hydrogens (tertiary/aromatic N) is 4. The van der Waals surface area contributed by atoms with Crippen LogP contribution in [0.4, 0.5) is 4.39 Å². The Kier molecular flexibility index (Phi) is 5.82. The van der Waals surface area contributed by atoms with Gasteiger partial charge in [-0.1, -0.05) is 28.1 Å². The topological polar surface area (TPSA) is 62.1 Å². The Morgan fingerprint density at radius 1 is 1.08 bits per heavy atom. The number of aromatic nitrogens is 4. The molecule has 0 saturated carbocycles. The lowest BCUT2D eigenvalue weighted by Crippen LogP contribution is -2.06. The molecule has 0 unspecified atom stereocenters. The maximum absolute atomic E-state index is 13.4. The average molecular weight is 421 g/mol. The molecule has 0 saturated heterocycles. The van der Waals surface area contributed by atoms with Gasteiger partial charge in [-0.15, -0.1) is 10.2 Å². The molecule has 3 rings (SSSR count). The highest BCUT2D eigenvalue weighted by Crippen LogP contribution is 2.34. The Bertz CT molecular complexity index is 901. The molecule has 26 heavy (non-hydrogen) atoms. The minimum atomic E-state index is -0.338. The van der Waals surface area contributed by atoms with Crippen LogP contribution in [0.3, 0.4) is 0 Å². The van der Waals surface area contributed by atoms with E-state index in [2.05, 4.69) is 31.3 Å². The van der Waals surface area contributed by atoms with Crippen LogP contribution in [0.2, 0.25) is 0 Å². The number of hydrogen-bond donors (Lipinski definition) is 0. The molecule has 0 atom stereocenters. The number of benzene rings is 2. The van der Waals surface area contributed by atoms with Crippen LogP contribution in [0.1, 0.15) is 19.4 Å². The molecule has 3 aromatic rings. The van der Waals surface area contributed by atoms with Crippen molar-refractivity contribution >= 4 is 15.9 Å². The van der Waals surface area contributed by atoms with Crippen LogP contribution >= 0.6 is 15.9 Å². The van der Waals surface area contributed by atoms with Gasteiger partial charge in [-0.05, 0) is 48.9 Å². The van der Waals surface area contributed by atoms with Gasteiger partial charge in [0.15, 0.2) is 11.5 Å². The maximum Gasteiger partial charge on any atom is 0.205 e. The summed E-state index contributed by atoms with van der Waals surface area (Å²) < 4.78 is 25.5. The van der Waals surface area contributed by atoms with E-state index in [4.69, 9.17) is 9.47 Å². The van der Waals surface area contributed by atoms with E-state index in [1.165, 1.54) is 16.9 Å². The van der Waals surface area contributed by atoms with Gasteiger partial charge in [-0.3, -0.25) is 0 Å². The SMILES string of the molecule is CCOc1cc(Br)c(Cn2nnc(-c3cccc(F)c3)n2)cc1OCC. The molecule has 2 aromatic carbocycles. The minimum Gasteiger partial charge on any atom is -0.490 e. The number of tetrazole rings is 1. The molecule has 0 amide bonds. The first-order chi connectivity index (χ1) is 12.6. The largest absolute Gasteiger partial charge is 0.490 e. The lowest BCUT2D eigenvalue weighted by molar-refractivity contribution is 0.287. The summed E-state index contributed by atoms with van der Waals surface area (Å²) in [7, 11) is 0. The van der Waals surface area contributed by atoms with Crippen LogP contribution in [-0.2, 0) is 6.54 Å². The van der Waals surface area contributed by atoms with E-state index in [-0.39, 0.29) is 5.82 Å².